The smallest absolute Gasteiger partial charge is 0.0555 e. The molecule has 0 bridgehead atoms. The lowest BCUT2D eigenvalue weighted by Crippen LogP contribution is -2.05. The van der Waals surface area contributed by atoms with Gasteiger partial charge in [-0.05, 0) is 48.9 Å². The molecule has 1 unspecified atom stereocenters. The number of nitrogens with one attached hydrogen (secondary N) is 1. The van der Waals surface area contributed by atoms with Gasteiger partial charge < -0.3 is 5.32 Å². The van der Waals surface area contributed by atoms with Crippen LogP contribution in [0, 0.1) is 6.92 Å². The van der Waals surface area contributed by atoms with Crippen LogP contribution in [-0.2, 0) is 12.8 Å². The summed E-state index contributed by atoms with van der Waals surface area (Å²) in [5.74, 6) is 0. The van der Waals surface area contributed by atoms with Crippen LogP contribution in [0.15, 0.2) is 42.5 Å². The summed E-state index contributed by atoms with van der Waals surface area (Å²) in [5, 5.41) is 3.65. The third-order valence-electron chi connectivity index (χ3n) is 4.22. The van der Waals surface area contributed by atoms with E-state index in [4.69, 9.17) is 0 Å². The molecule has 0 amide bonds. The molecule has 1 aliphatic heterocycles. The number of hydrogen-bond acceptors (Lipinski definition) is 1. The normalized spacial score (nSPS) is 16.8. The number of benzene rings is 2. The predicted molar refractivity (Wildman–Crippen MR) is 86.3 cm³/mol. The van der Waals surface area contributed by atoms with E-state index in [1.807, 2.05) is 0 Å². The van der Waals surface area contributed by atoms with Gasteiger partial charge in [-0.1, -0.05) is 55.3 Å². The first-order valence-corrected chi connectivity index (χ1v) is 7.71. The van der Waals surface area contributed by atoms with E-state index in [0.717, 1.165) is 6.42 Å². The van der Waals surface area contributed by atoms with Gasteiger partial charge in [-0.2, -0.15) is 0 Å². The van der Waals surface area contributed by atoms with Crippen molar-refractivity contribution in [2.75, 3.05) is 5.32 Å². The molecular formula is C19H23N. The van der Waals surface area contributed by atoms with Crippen LogP contribution >= 0.6 is 0 Å². The highest BCUT2D eigenvalue weighted by Gasteiger charge is 2.21. The minimum atomic E-state index is 0.437. The Balaban J connectivity index is 1.76. The number of rotatable bonds is 4. The molecule has 0 aromatic heterocycles. The van der Waals surface area contributed by atoms with Gasteiger partial charge >= 0.3 is 0 Å². The van der Waals surface area contributed by atoms with Crippen molar-refractivity contribution < 1.29 is 0 Å². The van der Waals surface area contributed by atoms with Gasteiger partial charge in [0.2, 0.25) is 0 Å². The molecule has 1 nitrogen and oxygen atoms in total. The van der Waals surface area contributed by atoms with Gasteiger partial charge in [0.1, 0.15) is 0 Å². The Kier molecular flexibility index (Phi) is 3.77. The molecule has 3 rings (SSSR count). The zero-order valence-electron chi connectivity index (χ0n) is 12.4. The van der Waals surface area contributed by atoms with Crippen LogP contribution in [0.4, 0.5) is 5.69 Å². The summed E-state index contributed by atoms with van der Waals surface area (Å²) in [7, 11) is 0. The summed E-state index contributed by atoms with van der Waals surface area (Å²) in [4.78, 5) is 0. The standard InChI is InChI=1S/C19H23N/c1-3-4-5-15-8-11-18-17(12-15)13-19(20-18)16-9-6-14(2)7-10-16/h6-12,19-20H,3-5,13H2,1-2H3. The van der Waals surface area contributed by atoms with Gasteiger partial charge in [-0.25, -0.2) is 0 Å². The van der Waals surface area contributed by atoms with Crippen molar-refractivity contribution in [3.8, 4) is 0 Å². The van der Waals surface area contributed by atoms with Crippen molar-refractivity contribution in [3.63, 3.8) is 0 Å². The number of aryl methyl sites for hydroxylation is 2. The topological polar surface area (TPSA) is 12.0 Å². The van der Waals surface area contributed by atoms with E-state index in [9.17, 15) is 0 Å². The molecule has 1 N–H and O–H groups in total. The van der Waals surface area contributed by atoms with Gasteiger partial charge in [-0.3, -0.25) is 0 Å². The Morgan fingerprint density at radius 3 is 2.65 bits per heavy atom. The molecule has 0 aliphatic carbocycles. The third-order valence-corrected chi connectivity index (χ3v) is 4.22. The second-order valence-corrected chi connectivity index (χ2v) is 5.91. The molecule has 1 atom stereocenters. The molecular weight excluding hydrogens is 242 g/mol. The van der Waals surface area contributed by atoms with E-state index in [2.05, 4.69) is 61.6 Å². The summed E-state index contributed by atoms with van der Waals surface area (Å²) in [6, 6.07) is 16.3. The number of unbranched alkanes of at least 4 members (excludes halogenated alkanes) is 1. The average molecular weight is 265 g/mol. The van der Waals surface area contributed by atoms with Crippen LogP contribution in [0.5, 0.6) is 0 Å². The van der Waals surface area contributed by atoms with E-state index in [1.165, 1.54) is 47.2 Å². The summed E-state index contributed by atoms with van der Waals surface area (Å²) < 4.78 is 0. The van der Waals surface area contributed by atoms with Crippen molar-refractivity contribution >= 4 is 5.69 Å². The lowest BCUT2D eigenvalue weighted by molar-refractivity contribution is 0.792. The molecule has 0 spiro atoms. The number of anilines is 1. The van der Waals surface area contributed by atoms with Crippen LogP contribution in [0.25, 0.3) is 0 Å². The van der Waals surface area contributed by atoms with Crippen LogP contribution in [-0.4, -0.2) is 0 Å². The maximum atomic E-state index is 3.65. The number of fused-ring (bicyclic) bond motifs is 1. The van der Waals surface area contributed by atoms with Crippen molar-refractivity contribution in [2.45, 2.75) is 45.6 Å². The molecule has 1 heterocycles. The van der Waals surface area contributed by atoms with E-state index in [1.54, 1.807) is 0 Å². The first-order chi connectivity index (χ1) is 9.76. The highest BCUT2D eigenvalue weighted by molar-refractivity contribution is 5.59. The monoisotopic (exact) mass is 265 g/mol. The largest absolute Gasteiger partial charge is 0.378 e. The Morgan fingerprint density at radius 1 is 1.10 bits per heavy atom. The summed E-state index contributed by atoms with van der Waals surface area (Å²) in [5.41, 5.74) is 6.99. The van der Waals surface area contributed by atoms with Crippen LogP contribution in [0.1, 0.15) is 48.1 Å². The van der Waals surface area contributed by atoms with Gasteiger partial charge in [0.15, 0.2) is 0 Å². The Labute approximate surface area is 122 Å². The average Bonchev–Trinajstić information content (AvgIpc) is 2.89. The molecule has 1 aliphatic rings. The highest BCUT2D eigenvalue weighted by atomic mass is 14.9. The molecule has 0 radical (unpaired) electrons. The molecule has 1 heteroatoms. The molecule has 2 aromatic carbocycles. The van der Waals surface area contributed by atoms with Crippen LogP contribution in [0.2, 0.25) is 0 Å². The Hall–Kier alpha value is -1.76. The Bertz CT molecular complexity index is 583. The second kappa shape index (κ2) is 5.70. The van der Waals surface area contributed by atoms with E-state index in [-0.39, 0.29) is 0 Å². The molecule has 0 saturated heterocycles. The first-order valence-electron chi connectivity index (χ1n) is 7.71. The maximum absolute atomic E-state index is 3.65. The third kappa shape index (κ3) is 2.72. The van der Waals surface area contributed by atoms with Crippen molar-refractivity contribution in [2.24, 2.45) is 0 Å². The van der Waals surface area contributed by atoms with E-state index in [0.29, 0.717) is 6.04 Å². The summed E-state index contributed by atoms with van der Waals surface area (Å²) in [6.45, 7) is 4.39. The number of hydrogen-bond donors (Lipinski definition) is 1. The van der Waals surface area contributed by atoms with E-state index >= 15 is 0 Å². The van der Waals surface area contributed by atoms with Crippen LogP contribution < -0.4 is 5.32 Å². The zero-order chi connectivity index (χ0) is 13.9. The Morgan fingerprint density at radius 2 is 1.90 bits per heavy atom. The van der Waals surface area contributed by atoms with Crippen molar-refractivity contribution in [3.05, 3.63) is 64.7 Å². The van der Waals surface area contributed by atoms with Crippen LogP contribution in [0.3, 0.4) is 0 Å². The molecule has 0 fully saturated rings. The quantitative estimate of drug-likeness (QED) is 0.816. The minimum Gasteiger partial charge on any atom is -0.378 e. The predicted octanol–water partition coefficient (Wildman–Crippen LogP) is 5.05. The fourth-order valence-electron chi connectivity index (χ4n) is 2.95. The van der Waals surface area contributed by atoms with Gasteiger partial charge in [-0.15, -0.1) is 0 Å². The van der Waals surface area contributed by atoms with Crippen molar-refractivity contribution in [1.29, 1.82) is 0 Å². The van der Waals surface area contributed by atoms with Gasteiger partial charge in [0.25, 0.3) is 0 Å². The van der Waals surface area contributed by atoms with Gasteiger partial charge in [0.05, 0.1) is 6.04 Å². The maximum Gasteiger partial charge on any atom is 0.0555 e. The first kappa shape index (κ1) is 13.2. The molecule has 2 aromatic rings. The van der Waals surface area contributed by atoms with E-state index < -0.39 is 0 Å². The summed E-state index contributed by atoms with van der Waals surface area (Å²) in [6.07, 6.45) is 4.87. The fourth-order valence-corrected chi connectivity index (χ4v) is 2.95. The SMILES string of the molecule is CCCCc1ccc2c(c1)CC(c1ccc(C)cc1)N2. The van der Waals surface area contributed by atoms with Crippen molar-refractivity contribution in [1.82, 2.24) is 0 Å². The lowest BCUT2D eigenvalue weighted by Gasteiger charge is -2.11. The molecule has 104 valence electrons. The fraction of sp³-hybridized carbons (Fsp3) is 0.368. The highest BCUT2D eigenvalue weighted by Crippen LogP contribution is 2.34. The van der Waals surface area contributed by atoms with Gasteiger partial charge in [0, 0.05) is 5.69 Å². The molecule has 0 saturated carbocycles. The summed E-state index contributed by atoms with van der Waals surface area (Å²) >= 11 is 0. The second-order valence-electron chi connectivity index (χ2n) is 5.91. The lowest BCUT2D eigenvalue weighted by atomic mass is 9.99. The minimum absolute atomic E-state index is 0.437. The molecule has 20 heavy (non-hydrogen) atoms. The zero-order valence-corrected chi connectivity index (χ0v) is 12.4.